The van der Waals surface area contributed by atoms with E-state index in [4.69, 9.17) is 0 Å². The molecule has 0 fully saturated rings. The van der Waals surface area contributed by atoms with Crippen LogP contribution in [0, 0.1) is 26.6 Å². The molecule has 182 valence electrons. The van der Waals surface area contributed by atoms with Gasteiger partial charge in [-0.3, -0.25) is 9.40 Å². The zero-order valence-electron chi connectivity index (χ0n) is 19.9. The Hall–Kier alpha value is -3.40. The van der Waals surface area contributed by atoms with Gasteiger partial charge >= 0.3 is 5.97 Å². The summed E-state index contributed by atoms with van der Waals surface area (Å²) in [5.41, 5.74) is 4.20. The van der Waals surface area contributed by atoms with E-state index in [1.54, 1.807) is 13.0 Å². The number of sulfonamides is 1. The predicted octanol–water partition coefficient (Wildman–Crippen LogP) is 4.05. The molecule has 34 heavy (non-hydrogen) atoms. The second-order valence-corrected chi connectivity index (χ2v) is 10.0. The first-order valence-electron chi connectivity index (χ1n) is 10.8. The van der Waals surface area contributed by atoms with Crippen LogP contribution in [-0.2, 0) is 23.5 Å². The van der Waals surface area contributed by atoms with Gasteiger partial charge in [0.05, 0.1) is 27.5 Å². The first kappa shape index (κ1) is 25.2. The molecule has 1 aromatic heterocycles. The van der Waals surface area contributed by atoms with Crippen LogP contribution in [0.5, 0.6) is 0 Å². The number of nitrogens with zero attached hydrogens (tertiary/aromatic N) is 3. The molecule has 0 radical (unpaired) electrons. The molecule has 3 rings (SSSR count). The van der Waals surface area contributed by atoms with E-state index in [-0.39, 0.29) is 16.1 Å². The monoisotopic (exact) mass is 488 g/mol. The van der Waals surface area contributed by atoms with Crippen molar-refractivity contribution >= 4 is 27.4 Å². The minimum absolute atomic E-state index is 0.0626. The van der Waals surface area contributed by atoms with Gasteiger partial charge in [0.15, 0.2) is 0 Å². The number of hydrogen-bond acceptors (Lipinski definition) is 5. The predicted molar refractivity (Wildman–Crippen MR) is 130 cm³/mol. The summed E-state index contributed by atoms with van der Waals surface area (Å²) in [6.07, 6.45) is 1.58. The molecule has 0 aliphatic rings. The lowest BCUT2D eigenvalue weighted by molar-refractivity contribution is 0.0697. The van der Waals surface area contributed by atoms with Crippen LogP contribution in [0.1, 0.15) is 39.3 Å². The Morgan fingerprint density at radius 3 is 2.50 bits per heavy atom. The van der Waals surface area contributed by atoms with E-state index in [1.165, 1.54) is 29.8 Å². The van der Waals surface area contributed by atoms with E-state index in [0.717, 1.165) is 30.3 Å². The van der Waals surface area contributed by atoms with Crippen LogP contribution in [0.25, 0.3) is 0 Å². The fourth-order valence-electron chi connectivity index (χ4n) is 3.94. The molecule has 8 nitrogen and oxygen atoms in total. The minimum atomic E-state index is -4.16. The number of carboxylic acid groups (broad SMARTS) is 1. The van der Waals surface area contributed by atoms with E-state index < -0.39 is 21.8 Å². The van der Waals surface area contributed by atoms with Crippen molar-refractivity contribution in [2.75, 3.05) is 23.2 Å². The summed E-state index contributed by atoms with van der Waals surface area (Å²) in [7, 11) is -0.445. The number of aromatic nitrogens is 2. The van der Waals surface area contributed by atoms with Crippen LogP contribution in [0.2, 0.25) is 0 Å². The molecule has 2 N–H and O–H groups in total. The third-order valence-electron chi connectivity index (χ3n) is 5.92. The lowest BCUT2D eigenvalue weighted by atomic mass is 10.1. The highest BCUT2D eigenvalue weighted by atomic mass is 32.2. The zero-order chi connectivity index (χ0) is 25.2. The molecule has 0 saturated heterocycles. The second kappa shape index (κ2) is 9.84. The van der Waals surface area contributed by atoms with Crippen LogP contribution in [-0.4, -0.2) is 42.9 Å². The van der Waals surface area contributed by atoms with Gasteiger partial charge in [0.2, 0.25) is 0 Å². The van der Waals surface area contributed by atoms with E-state index in [0.29, 0.717) is 17.8 Å². The normalized spacial score (nSPS) is 11.5. The smallest absolute Gasteiger partial charge is 0.335 e. The molecular formula is C24H29FN4O4S. The lowest BCUT2D eigenvalue weighted by Gasteiger charge is -2.23. The van der Waals surface area contributed by atoms with Gasteiger partial charge in [-0.15, -0.1) is 0 Å². The summed E-state index contributed by atoms with van der Waals surface area (Å²) < 4.78 is 44.2. The van der Waals surface area contributed by atoms with Crippen molar-refractivity contribution in [2.24, 2.45) is 7.05 Å². The molecule has 1 heterocycles. The maximum atomic E-state index is 13.7. The van der Waals surface area contributed by atoms with Crippen LogP contribution in [0.3, 0.4) is 0 Å². The first-order valence-corrected chi connectivity index (χ1v) is 12.3. The molecule has 10 heteroatoms. The standard InChI is InChI=1S/C24H29FN4O4S/c1-15-8-10-19(25)14-23(15)34(32,33)27-21-13-18(24(30)31)9-11-22(21)28(4)12-6-7-20-16(2)26-29(5)17(20)3/h8-11,13-14,27H,6-7,12H2,1-5H3,(H,30,31). The van der Waals surface area contributed by atoms with Gasteiger partial charge in [0.1, 0.15) is 5.82 Å². The Balaban J connectivity index is 1.87. The largest absolute Gasteiger partial charge is 0.478 e. The van der Waals surface area contributed by atoms with Gasteiger partial charge in [-0.05, 0) is 75.1 Å². The average Bonchev–Trinajstić information content (AvgIpc) is 3.00. The van der Waals surface area contributed by atoms with Crippen LogP contribution < -0.4 is 9.62 Å². The fraction of sp³-hybridized carbons (Fsp3) is 0.333. The zero-order valence-corrected chi connectivity index (χ0v) is 20.7. The van der Waals surface area contributed by atoms with Gasteiger partial charge < -0.3 is 10.0 Å². The van der Waals surface area contributed by atoms with Crippen molar-refractivity contribution in [3.63, 3.8) is 0 Å². The number of aromatic carboxylic acids is 1. The van der Waals surface area contributed by atoms with E-state index in [1.807, 2.05) is 37.5 Å². The quantitative estimate of drug-likeness (QED) is 0.471. The molecule has 0 unspecified atom stereocenters. The van der Waals surface area contributed by atoms with Gasteiger partial charge in [0, 0.05) is 26.3 Å². The number of aryl methyl sites for hydroxylation is 3. The molecule has 0 bridgehead atoms. The molecular weight excluding hydrogens is 459 g/mol. The first-order chi connectivity index (χ1) is 15.9. The van der Waals surface area contributed by atoms with E-state index >= 15 is 0 Å². The number of anilines is 2. The lowest BCUT2D eigenvalue weighted by Crippen LogP contribution is -2.23. The number of halogens is 1. The second-order valence-electron chi connectivity index (χ2n) is 8.35. The molecule has 3 aromatic rings. The van der Waals surface area contributed by atoms with Gasteiger partial charge in [0.25, 0.3) is 10.0 Å². The Kier molecular flexibility index (Phi) is 7.30. The number of rotatable bonds is 9. The maximum absolute atomic E-state index is 13.7. The van der Waals surface area contributed by atoms with Crippen LogP contribution in [0.4, 0.5) is 15.8 Å². The SMILES string of the molecule is Cc1ccc(F)cc1S(=O)(=O)Nc1cc(C(=O)O)ccc1N(C)CCCc1c(C)nn(C)c1C. The molecule has 0 aliphatic carbocycles. The third-order valence-corrected chi connectivity index (χ3v) is 7.43. The van der Waals surface area contributed by atoms with Crippen molar-refractivity contribution in [1.82, 2.24) is 9.78 Å². The maximum Gasteiger partial charge on any atom is 0.335 e. The van der Waals surface area contributed by atoms with Gasteiger partial charge in [-0.2, -0.15) is 5.10 Å². The Morgan fingerprint density at radius 2 is 1.88 bits per heavy atom. The third kappa shape index (κ3) is 5.39. The Labute approximate surface area is 199 Å². The van der Waals surface area contributed by atoms with Gasteiger partial charge in [-0.25, -0.2) is 17.6 Å². The van der Waals surface area contributed by atoms with Crippen molar-refractivity contribution in [1.29, 1.82) is 0 Å². The average molecular weight is 489 g/mol. The Morgan fingerprint density at radius 1 is 1.18 bits per heavy atom. The summed E-state index contributed by atoms with van der Waals surface area (Å²) in [6, 6.07) is 7.78. The molecule has 2 aromatic carbocycles. The molecule has 0 atom stereocenters. The van der Waals surface area contributed by atoms with Crippen molar-refractivity contribution in [3.05, 3.63) is 70.3 Å². The number of carbonyl (C=O) groups is 1. The highest BCUT2D eigenvalue weighted by Crippen LogP contribution is 2.30. The number of carboxylic acids is 1. The molecule has 0 aliphatic heterocycles. The summed E-state index contributed by atoms with van der Waals surface area (Å²) in [5.74, 6) is -1.86. The van der Waals surface area contributed by atoms with Crippen molar-refractivity contribution < 1.29 is 22.7 Å². The highest BCUT2D eigenvalue weighted by Gasteiger charge is 2.21. The van der Waals surface area contributed by atoms with Crippen LogP contribution in [0.15, 0.2) is 41.3 Å². The number of benzene rings is 2. The van der Waals surface area contributed by atoms with E-state index in [2.05, 4.69) is 9.82 Å². The molecule has 0 amide bonds. The summed E-state index contributed by atoms with van der Waals surface area (Å²) in [5, 5.41) is 13.8. The van der Waals surface area contributed by atoms with Crippen molar-refractivity contribution in [2.45, 2.75) is 38.5 Å². The summed E-state index contributed by atoms with van der Waals surface area (Å²) in [4.78, 5) is 13.2. The van der Waals surface area contributed by atoms with Gasteiger partial charge in [-0.1, -0.05) is 6.07 Å². The summed E-state index contributed by atoms with van der Waals surface area (Å²) in [6.45, 7) is 6.15. The highest BCUT2D eigenvalue weighted by molar-refractivity contribution is 7.92. The summed E-state index contributed by atoms with van der Waals surface area (Å²) >= 11 is 0. The fourth-order valence-corrected chi connectivity index (χ4v) is 5.26. The minimum Gasteiger partial charge on any atom is -0.478 e. The Bertz CT molecular complexity index is 1330. The van der Waals surface area contributed by atoms with Crippen LogP contribution >= 0.6 is 0 Å². The van der Waals surface area contributed by atoms with Crippen molar-refractivity contribution in [3.8, 4) is 0 Å². The molecule has 0 saturated carbocycles. The number of nitrogens with one attached hydrogen (secondary N) is 1. The molecule has 0 spiro atoms. The van der Waals surface area contributed by atoms with E-state index in [9.17, 15) is 22.7 Å². The number of hydrogen-bond donors (Lipinski definition) is 2. The topological polar surface area (TPSA) is 105 Å².